The molecule has 1 atom stereocenters. The van der Waals surface area contributed by atoms with Crippen molar-refractivity contribution in [2.75, 3.05) is 5.75 Å². The number of H-pyrrole nitrogens is 1. The van der Waals surface area contributed by atoms with Crippen LogP contribution < -0.4 is 10.9 Å². The van der Waals surface area contributed by atoms with Crippen LogP contribution in [0.1, 0.15) is 18.5 Å². The van der Waals surface area contributed by atoms with Crippen molar-refractivity contribution < 1.29 is 4.79 Å². The second-order valence-electron chi connectivity index (χ2n) is 4.49. The summed E-state index contributed by atoms with van der Waals surface area (Å²) in [5.41, 5.74) is 0.612. The molecule has 0 spiro atoms. The fraction of sp³-hybridized carbons (Fsp3) is 0.214. The van der Waals surface area contributed by atoms with Crippen LogP contribution in [0.3, 0.4) is 0 Å². The summed E-state index contributed by atoms with van der Waals surface area (Å²) in [6.07, 6.45) is 1.40. The van der Waals surface area contributed by atoms with Crippen molar-refractivity contribution in [2.45, 2.75) is 18.1 Å². The summed E-state index contributed by atoms with van der Waals surface area (Å²) in [4.78, 5) is 29.6. The molecule has 0 aliphatic carbocycles. The van der Waals surface area contributed by atoms with Crippen molar-refractivity contribution >= 4 is 40.9 Å². The Morgan fingerprint density at radius 2 is 2.14 bits per heavy atom. The molecule has 1 heterocycles. The normalized spacial score (nSPS) is 12.0. The number of halogens is 2. The van der Waals surface area contributed by atoms with Crippen LogP contribution in [0.15, 0.2) is 40.4 Å². The molecule has 2 aromatic rings. The summed E-state index contributed by atoms with van der Waals surface area (Å²) in [7, 11) is 0. The first-order chi connectivity index (χ1) is 10.5. The van der Waals surface area contributed by atoms with Gasteiger partial charge in [0.15, 0.2) is 5.16 Å². The van der Waals surface area contributed by atoms with Crippen LogP contribution in [0.4, 0.5) is 0 Å². The minimum absolute atomic E-state index is 0.151. The van der Waals surface area contributed by atoms with E-state index in [4.69, 9.17) is 23.2 Å². The van der Waals surface area contributed by atoms with Crippen molar-refractivity contribution in [1.82, 2.24) is 15.3 Å². The number of benzene rings is 1. The maximum atomic E-state index is 11.9. The summed E-state index contributed by atoms with van der Waals surface area (Å²) in [5.74, 6) is -0.0198. The average molecular weight is 358 g/mol. The number of carbonyl (C=O) groups excluding carboxylic acids is 1. The van der Waals surface area contributed by atoms with E-state index >= 15 is 0 Å². The predicted octanol–water partition coefficient (Wildman–Crippen LogP) is 3.05. The third kappa shape index (κ3) is 4.76. The number of nitrogens with one attached hydrogen (secondary N) is 2. The van der Waals surface area contributed by atoms with Gasteiger partial charge in [-0.25, -0.2) is 4.98 Å². The first-order valence-electron chi connectivity index (χ1n) is 6.38. The van der Waals surface area contributed by atoms with E-state index in [9.17, 15) is 9.59 Å². The molecule has 0 aliphatic heterocycles. The van der Waals surface area contributed by atoms with Crippen LogP contribution in [0.25, 0.3) is 0 Å². The van der Waals surface area contributed by atoms with E-state index in [1.54, 1.807) is 12.1 Å². The van der Waals surface area contributed by atoms with Crippen LogP contribution in [-0.4, -0.2) is 21.6 Å². The predicted molar refractivity (Wildman–Crippen MR) is 88.6 cm³/mol. The second kappa shape index (κ2) is 7.67. The maximum Gasteiger partial charge on any atom is 0.251 e. The van der Waals surface area contributed by atoms with E-state index in [0.717, 1.165) is 17.3 Å². The van der Waals surface area contributed by atoms with Gasteiger partial charge in [0.2, 0.25) is 5.91 Å². The van der Waals surface area contributed by atoms with Crippen molar-refractivity contribution in [3.05, 3.63) is 56.4 Å². The van der Waals surface area contributed by atoms with E-state index in [1.165, 1.54) is 12.3 Å². The Morgan fingerprint density at radius 1 is 1.36 bits per heavy atom. The van der Waals surface area contributed by atoms with Gasteiger partial charge in [0.05, 0.1) is 21.8 Å². The van der Waals surface area contributed by atoms with Crippen molar-refractivity contribution in [1.29, 1.82) is 0 Å². The zero-order valence-electron chi connectivity index (χ0n) is 11.6. The van der Waals surface area contributed by atoms with Gasteiger partial charge in [-0.15, -0.1) is 0 Å². The van der Waals surface area contributed by atoms with Gasteiger partial charge < -0.3 is 10.3 Å². The third-order valence-corrected chi connectivity index (χ3v) is 4.44. The molecular weight excluding hydrogens is 345 g/mol. The number of aromatic nitrogens is 2. The SMILES string of the molecule is C[C@H](NC(=O)CSc1nccc(=O)[nH]1)c1ccc(Cl)c(Cl)c1. The molecule has 1 aromatic heterocycles. The van der Waals surface area contributed by atoms with Gasteiger partial charge in [-0.1, -0.05) is 41.0 Å². The number of carbonyl (C=O) groups is 1. The lowest BCUT2D eigenvalue weighted by Gasteiger charge is -2.14. The van der Waals surface area contributed by atoms with Gasteiger partial charge in [-0.3, -0.25) is 9.59 Å². The highest BCUT2D eigenvalue weighted by Gasteiger charge is 2.11. The first-order valence-corrected chi connectivity index (χ1v) is 8.12. The summed E-state index contributed by atoms with van der Waals surface area (Å²) in [5, 5.41) is 4.17. The Kier molecular flexibility index (Phi) is 5.88. The van der Waals surface area contributed by atoms with Crippen LogP contribution in [0.2, 0.25) is 10.0 Å². The van der Waals surface area contributed by atoms with Gasteiger partial charge >= 0.3 is 0 Å². The lowest BCUT2D eigenvalue weighted by molar-refractivity contribution is -0.119. The minimum atomic E-state index is -0.248. The molecule has 0 saturated carbocycles. The molecule has 1 aromatic carbocycles. The molecule has 116 valence electrons. The fourth-order valence-corrected chi connectivity index (χ4v) is 2.67. The van der Waals surface area contributed by atoms with Gasteiger partial charge in [0.25, 0.3) is 5.56 Å². The van der Waals surface area contributed by atoms with Crippen LogP contribution in [0, 0.1) is 0 Å². The minimum Gasteiger partial charge on any atom is -0.349 e. The lowest BCUT2D eigenvalue weighted by atomic mass is 10.1. The van der Waals surface area contributed by atoms with E-state index in [0.29, 0.717) is 15.2 Å². The molecule has 0 fully saturated rings. The Labute approximate surface area is 141 Å². The number of hydrogen-bond donors (Lipinski definition) is 2. The standard InChI is InChI=1S/C14H13Cl2N3O2S/c1-8(9-2-3-10(15)11(16)6-9)18-13(21)7-22-14-17-5-4-12(20)19-14/h2-6,8H,7H2,1H3,(H,18,21)(H,17,19,20)/t8-/m0/s1. The Morgan fingerprint density at radius 3 is 2.82 bits per heavy atom. The molecule has 0 radical (unpaired) electrons. The van der Waals surface area contributed by atoms with Gasteiger partial charge in [0.1, 0.15) is 0 Å². The molecule has 0 bridgehead atoms. The van der Waals surface area contributed by atoms with Gasteiger partial charge in [-0.05, 0) is 24.6 Å². The summed E-state index contributed by atoms with van der Waals surface area (Å²) in [6.45, 7) is 1.85. The summed E-state index contributed by atoms with van der Waals surface area (Å²) < 4.78 is 0. The number of nitrogens with zero attached hydrogens (tertiary/aromatic N) is 1. The second-order valence-corrected chi connectivity index (χ2v) is 6.27. The van der Waals surface area contributed by atoms with Crippen LogP contribution in [0.5, 0.6) is 0 Å². The van der Waals surface area contributed by atoms with Gasteiger partial charge in [0, 0.05) is 12.3 Å². The molecule has 2 rings (SSSR count). The number of aromatic amines is 1. The van der Waals surface area contributed by atoms with E-state index in [-0.39, 0.29) is 23.3 Å². The van der Waals surface area contributed by atoms with Crippen molar-refractivity contribution in [2.24, 2.45) is 0 Å². The Bertz CT molecular complexity index is 736. The lowest BCUT2D eigenvalue weighted by Crippen LogP contribution is -2.28. The third-order valence-electron chi connectivity index (χ3n) is 2.81. The molecule has 0 saturated heterocycles. The molecule has 1 amide bonds. The summed E-state index contributed by atoms with van der Waals surface area (Å²) in [6, 6.07) is 6.33. The maximum absolute atomic E-state index is 11.9. The fourth-order valence-electron chi connectivity index (χ4n) is 1.71. The summed E-state index contributed by atoms with van der Waals surface area (Å²) >= 11 is 13.0. The van der Waals surface area contributed by atoms with Crippen LogP contribution in [-0.2, 0) is 4.79 Å². The average Bonchev–Trinajstić information content (AvgIpc) is 2.48. The zero-order valence-corrected chi connectivity index (χ0v) is 13.9. The molecule has 2 N–H and O–H groups in total. The number of amides is 1. The number of thioether (sulfide) groups is 1. The highest BCUT2D eigenvalue weighted by Crippen LogP contribution is 2.25. The van der Waals surface area contributed by atoms with E-state index < -0.39 is 0 Å². The Balaban J connectivity index is 1.91. The molecule has 5 nitrogen and oxygen atoms in total. The molecule has 0 aliphatic rings. The highest BCUT2D eigenvalue weighted by atomic mass is 35.5. The topological polar surface area (TPSA) is 74.8 Å². The van der Waals surface area contributed by atoms with Crippen molar-refractivity contribution in [3.63, 3.8) is 0 Å². The monoisotopic (exact) mass is 357 g/mol. The van der Waals surface area contributed by atoms with Crippen molar-refractivity contribution in [3.8, 4) is 0 Å². The van der Waals surface area contributed by atoms with Gasteiger partial charge in [-0.2, -0.15) is 0 Å². The molecular formula is C14H13Cl2N3O2S. The molecule has 0 unspecified atom stereocenters. The molecule has 8 heteroatoms. The smallest absolute Gasteiger partial charge is 0.251 e. The quantitative estimate of drug-likeness (QED) is 0.636. The van der Waals surface area contributed by atoms with E-state index in [2.05, 4.69) is 15.3 Å². The first kappa shape index (κ1) is 16.9. The largest absolute Gasteiger partial charge is 0.349 e. The zero-order chi connectivity index (χ0) is 16.1. The Hall–Kier alpha value is -1.50. The van der Waals surface area contributed by atoms with Crippen LogP contribution >= 0.6 is 35.0 Å². The number of hydrogen-bond acceptors (Lipinski definition) is 4. The number of rotatable bonds is 5. The molecule has 22 heavy (non-hydrogen) atoms. The highest BCUT2D eigenvalue weighted by molar-refractivity contribution is 7.99. The van der Waals surface area contributed by atoms with E-state index in [1.807, 2.05) is 13.0 Å².